The maximum atomic E-state index is 11.7. The van der Waals surface area contributed by atoms with Crippen LogP contribution in [0.25, 0.3) is 0 Å². The molecule has 0 unspecified atom stereocenters. The minimum absolute atomic E-state index is 0.219. The van der Waals surface area contributed by atoms with Crippen molar-refractivity contribution in [3.05, 3.63) is 0 Å². The Morgan fingerprint density at radius 3 is 2.29 bits per heavy atom. The average Bonchev–Trinajstić information content (AvgIpc) is 2.26. The van der Waals surface area contributed by atoms with Gasteiger partial charge in [0.1, 0.15) is 0 Å². The lowest BCUT2D eigenvalue weighted by molar-refractivity contribution is 0.204. The number of nitrogens with zero attached hydrogens (tertiary/aromatic N) is 1. The molecule has 0 spiro atoms. The van der Waals surface area contributed by atoms with Crippen LogP contribution in [-0.2, 0) is 10.0 Å². The van der Waals surface area contributed by atoms with Gasteiger partial charge in [0, 0.05) is 12.1 Å². The van der Waals surface area contributed by atoms with E-state index in [-0.39, 0.29) is 5.54 Å². The Balaban J connectivity index is 2.82. The standard InChI is InChI=1S/C10H21NO2S/c1-9(2)8-10(3,4)11-6-5-7-14(11,12)13/h9H,5-8H2,1-4H3. The average molecular weight is 219 g/mol. The number of sulfonamides is 1. The van der Waals surface area contributed by atoms with Gasteiger partial charge in [-0.15, -0.1) is 0 Å². The van der Waals surface area contributed by atoms with Gasteiger partial charge in [0.25, 0.3) is 0 Å². The summed E-state index contributed by atoms with van der Waals surface area (Å²) >= 11 is 0. The first-order chi connectivity index (χ1) is 6.26. The summed E-state index contributed by atoms with van der Waals surface area (Å²) < 4.78 is 25.1. The number of hydrogen-bond acceptors (Lipinski definition) is 2. The van der Waals surface area contributed by atoms with Crippen LogP contribution in [0.5, 0.6) is 0 Å². The predicted molar refractivity (Wildman–Crippen MR) is 58.6 cm³/mol. The normalized spacial score (nSPS) is 23.2. The minimum atomic E-state index is -2.96. The molecule has 0 bridgehead atoms. The van der Waals surface area contributed by atoms with Gasteiger partial charge in [-0.1, -0.05) is 13.8 Å². The molecule has 0 aliphatic carbocycles. The first-order valence-electron chi connectivity index (χ1n) is 5.26. The lowest BCUT2D eigenvalue weighted by atomic mass is 9.93. The Bertz CT molecular complexity index is 293. The molecule has 0 saturated carbocycles. The van der Waals surface area contributed by atoms with Crippen molar-refractivity contribution < 1.29 is 8.42 Å². The molecule has 84 valence electrons. The molecule has 14 heavy (non-hydrogen) atoms. The van der Waals surface area contributed by atoms with Crippen molar-refractivity contribution in [3.8, 4) is 0 Å². The van der Waals surface area contributed by atoms with Gasteiger partial charge in [-0.2, -0.15) is 4.31 Å². The van der Waals surface area contributed by atoms with Crippen molar-refractivity contribution in [2.24, 2.45) is 5.92 Å². The molecule has 4 heteroatoms. The van der Waals surface area contributed by atoms with Gasteiger partial charge in [-0.05, 0) is 32.6 Å². The highest BCUT2D eigenvalue weighted by atomic mass is 32.2. The van der Waals surface area contributed by atoms with Crippen LogP contribution in [0.2, 0.25) is 0 Å². The molecule has 3 nitrogen and oxygen atoms in total. The quantitative estimate of drug-likeness (QED) is 0.726. The number of rotatable bonds is 3. The van der Waals surface area contributed by atoms with E-state index in [0.29, 0.717) is 18.2 Å². The van der Waals surface area contributed by atoms with E-state index >= 15 is 0 Å². The lowest BCUT2D eigenvalue weighted by Gasteiger charge is -2.35. The molecule has 0 atom stereocenters. The van der Waals surface area contributed by atoms with Gasteiger partial charge in [0.2, 0.25) is 10.0 Å². The Labute approximate surface area is 87.5 Å². The molecule has 1 saturated heterocycles. The first-order valence-corrected chi connectivity index (χ1v) is 6.87. The summed E-state index contributed by atoms with van der Waals surface area (Å²) in [5.74, 6) is 0.856. The monoisotopic (exact) mass is 219 g/mol. The van der Waals surface area contributed by atoms with Gasteiger partial charge in [-0.3, -0.25) is 0 Å². The highest BCUT2D eigenvalue weighted by Crippen LogP contribution is 2.30. The minimum Gasteiger partial charge on any atom is -0.212 e. The SMILES string of the molecule is CC(C)CC(C)(C)N1CCCS1(=O)=O. The fourth-order valence-electron chi connectivity index (χ4n) is 2.42. The van der Waals surface area contributed by atoms with Crippen LogP contribution in [0, 0.1) is 5.92 Å². The fraction of sp³-hybridized carbons (Fsp3) is 1.00. The molecule has 1 fully saturated rings. The van der Waals surface area contributed by atoms with Crippen molar-refractivity contribution in [1.29, 1.82) is 0 Å². The molecule has 1 rings (SSSR count). The summed E-state index contributed by atoms with van der Waals surface area (Å²) in [4.78, 5) is 0. The van der Waals surface area contributed by atoms with E-state index in [4.69, 9.17) is 0 Å². The summed E-state index contributed by atoms with van der Waals surface area (Å²) in [7, 11) is -2.96. The molecule has 0 N–H and O–H groups in total. The fourth-order valence-corrected chi connectivity index (χ4v) is 4.37. The molecule has 0 aromatic heterocycles. The summed E-state index contributed by atoms with van der Waals surface area (Å²) in [6.45, 7) is 9.00. The van der Waals surface area contributed by atoms with Crippen molar-refractivity contribution in [2.45, 2.75) is 46.1 Å². The molecule has 1 aliphatic rings. The molecular formula is C10H21NO2S. The Kier molecular flexibility index (Phi) is 3.26. The number of hydrogen-bond donors (Lipinski definition) is 0. The molecule has 1 heterocycles. The Hall–Kier alpha value is -0.0900. The van der Waals surface area contributed by atoms with E-state index in [9.17, 15) is 8.42 Å². The second kappa shape index (κ2) is 3.81. The second-order valence-corrected chi connectivity index (χ2v) is 7.16. The third kappa shape index (κ3) is 2.48. The van der Waals surface area contributed by atoms with Gasteiger partial charge in [0.05, 0.1) is 5.75 Å². The molecule has 0 amide bonds. The van der Waals surface area contributed by atoms with Crippen molar-refractivity contribution in [2.75, 3.05) is 12.3 Å². The van der Waals surface area contributed by atoms with Crippen molar-refractivity contribution >= 4 is 10.0 Å². The van der Waals surface area contributed by atoms with E-state index in [2.05, 4.69) is 13.8 Å². The summed E-state index contributed by atoms with van der Waals surface area (Å²) in [5.41, 5.74) is -0.219. The van der Waals surface area contributed by atoms with Crippen LogP contribution in [-0.4, -0.2) is 30.6 Å². The Morgan fingerprint density at radius 2 is 1.93 bits per heavy atom. The molecular weight excluding hydrogens is 198 g/mol. The Morgan fingerprint density at radius 1 is 1.36 bits per heavy atom. The van der Waals surface area contributed by atoms with Gasteiger partial charge in [-0.25, -0.2) is 8.42 Å². The lowest BCUT2D eigenvalue weighted by Crippen LogP contribution is -2.45. The topological polar surface area (TPSA) is 37.4 Å². The zero-order valence-corrected chi connectivity index (χ0v) is 10.4. The molecule has 0 aromatic carbocycles. The van der Waals surface area contributed by atoms with Crippen molar-refractivity contribution in [3.63, 3.8) is 0 Å². The predicted octanol–water partition coefficient (Wildman–Crippen LogP) is 1.85. The van der Waals surface area contributed by atoms with E-state index in [0.717, 1.165) is 12.8 Å². The smallest absolute Gasteiger partial charge is 0.212 e. The third-order valence-corrected chi connectivity index (χ3v) is 4.84. The van der Waals surface area contributed by atoms with Crippen LogP contribution in [0.15, 0.2) is 0 Å². The molecule has 1 aliphatic heterocycles. The maximum Gasteiger partial charge on any atom is 0.214 e. The van der Waals surface area contributed by atoms with Gasteiger partial charge >= 0.3 is 0 Å². The molecule has 0 aromatic rings. The zero-order valence-electron chi connectivity index (χ0n) is 9.58. The summed E-state index contributed by atoms with van der Waals surface area (Å²) in [6, 6.07) is 0. The maximum absolute atomic E-state index is 11.7. The first kappa shape index (κ1) is 12.0. The second-order valence-electron chi connectivity index (χ2n) is 5.15. The van der Waals surface area contributed by atoms with Crippen LogP contribution in [0.4, 0.5) is 0 Å². The molecule has 0 radical (unpaired) electrons. The highest BCUT2D eigenvalue weighted by molar-refractivity contribution is 7.89. The van der Waals surface area contributed by atoms with E-state index in [1.54, 1.807) is 4.31 Å². The van der Waals surface area contributed by atoms with E-state index < -0.39 is 10.0 Å². The van der Waals surface area contributed by atoms with E-state index in [1.807, 2.05) is 13.8 Å². The van der Waals surface area contributed by atoms with Crippen LogP contribution in [0.3, 0.4) is 0 Å². The van der Waals surface area contributed by atoms with Crippen LogP contribution >= 0.6 is 0 Å². The van der Waals surface area contributed by atoms with Crippen molar-refractivity contribution in [1.82, 2.24) is 4.31 Å². The summed E-state index contributed by atoms with van der Waals surface area (Å²) in [5, 5.41) is 0. The third-order valence-electron chi connectivity index (χ3n) is 2.68. The van der Waals surface area contributed by atoms with Crippen LogP contribution in [0.1, 0.15) is 40.5 Å². The van der Waals surface area contributed by atoms with E-state index in [1.165, 1.54) is 0 Å². The highest BCUT2D eigenvalue weighted by Gasteiger charge is 2.39. The van der Waals surface area contributed by atoms with Gasteiger partial charge in [0.15, 0.2) is 0 Å². The van der Waals surface area contributed by atoms with Gasteiger partial charge < -0.3 is 0 Å². The summed E-state index contributed by atoms with van der Waals surface area (Å²) in [6.07, 6.45) is 1.70. The van der Waals surface area contributed by atoms with Crippen LogP contribution < -0.4 is 0 Å². The largest absolute Gasteiger partial charge is 0.214 e. The zero-order chi connectivity index (χ0) is 11.0.